The van der Waals surface area contributed by atoms with Gasteiger partial charge in [0.05, 0.1) is 28.5 Å². The quantitative estimate of drug-likeness (QED) is 0.499. The number of ether oxygens (including phenoxy) is 2. The van der Waals surface area contributed by atoms with E-state index in [2.05, 4.69) is 4.98 Å². The first-order valence-corrected chi connectivity index (χ1v) is 14.2. The molecule has 1 aromatic heterocycles. The predicted octanol–water partition coefficient (Wildman–Crippen LogP) is 5.31. The summed E-state index contributed by atoms with van der Waals surface area (Å²) in [5.74, 6) is -1.57. The number of Topliss-reactive ketones (excluding diaryl/α,β-unsaturated/α-hetero) is 1. The highest BCUT2D eigenvalue weighted by atomic mass is 35.5. The smallest absolute Gasteiger partial charge is 0.310 e. The SMILES string of the molecule is CCOc1cc(O[C@@H]2C[C@H]3C(=O)C[C@]4(C(=O)O)C[C@H]4/C=C\CCCCN(C)C(=O)[C@@H]3C2)c2cccc(Cl)c2n1. The Hall–Kier alpha value is -3.13. The molecule has 1 aliphatic heterocycles. The highest BCUT2D eigenvalue weighted by molar-refractivity contribution is 6.35. The number of nitrogens with zero attached hydrogens (tertiary/aromatic N) is 2. The van der Waals surface area contributed by atoms with E-state index in [1.807, 2.05) is 31.2 Å². The van der Waals surface area contributed by atoms with Crippen LogP contribution in [0.4, 0.5) is 0 Å². The second-order valence-corrected chi connectivity index (χ2v) is 11.5. The number of rotatable bonds is 5. The second-order valence-electron chi connectivity index (χ2n) is 11.1. The number of pyridine rings is 1. The average Bonchev–Trinajstić information content (AvgIpc) is 3.44. The summed E-state index contributed by atoms with van der Waals surface area (Å²) in [6.07, 6.45) is 7.28. The van der Waals surface area contributed by atoms with E-state index in [0.717, 1.165) is 24.6 Å². The fourth-order valence-corrected chi connectivity index (χ4v) is 6.41. The predicted molar refractivity (Wildman–Crippen MR) is 147 cm³/mol. The van der Waals surface area contributed by atoms with E-state index in [9.17, 15) is 19.5 Å². The van der Waals surface area contributed by atoms with Gasteiger partial charge in [0.25, 0.3) is 0 Å². The molecular weight excluding hydrogens is 520 g/mol. The molecule has 2 saturated carbocycles. The number of allylic oxidation sites excluding steroid dienone is 2. The molecule has 2 aromatic rings. The summed E-state index contributed by atoms with van der Waals surface area (Å²) in [6.45, 7) is 2.90. The van der Waals surface area contributed by atoms with Gasteiger partial charge in [-0.15, -0.1) is 0 Å². The van der Waals surface area contributed by atoms with Gasteiger partial charge < -0.3 is 19.5 Å². The van der Waals surface area contributed by atoms with Crippen molar-refractivity contribution in [3.05, 3.63) is 41.4 Å². The van der Waals surface area contributed by atoms with Gasteiger partial charge in [0.15, 0.2) is 0 Å². The molecule has 5 rings (SSSR count). The van der Waals surface area contributed by atoms with Gasteiger partial charge in [-0.05, 0) is 63.5 Å². The Bertz CT molecular complexity index is 1310. The number of hydrogen-bond acceptors (Lipinski definition) is 6. The first kappa shape index (κ1) is 27.4. The minimum Gasteiger partial charge on any atom is -0.489 e. The van der Waals surface area contributed by atoms with Crippen molar-refractivity contribution in [3.63, 3.8) is 0 Å². The van der Waals surface area contributed by atoms with Gasteiger partial charge in [0.1, 0.15) is 17.6 Å². The molecule has 3 aliphatic rings. The molecule has 0 unspecified atom stereocenters. The van der Waals surface area contributed by atoms with Crippen LogP contribution < -0.4 is 9.47 Å². The number of hydrogen-bond donors (Lipinski definition) is 1. The summed E-state index contributed by atoms with van der Waals surface area (Å²) in [7, 11) is 1.78. The molecule has 39 heavy (non-hydrogen) atoms. The third-order valence-corrected chi connectivity index (χ3v) is 8.78. The molecule has 9 heteroatoms. The lowest BCUT2D eigenvalue weighted by Crippen LogP contribution is -2.38. The Morgan fingerprint density at radius 1 is 1.23 bits per heavy atom. The number of para-hydroxylation sites is 1. The van der Waals surface area contributed by atoms with Crippen LogP contribution >= 0.6 is 11.6 Å². The Morgan fingerprint density at radius 3 is 2.79 bits per heavy atom. The molecule has 8 nitrogen and oxygen atoms in total. The number of halogens is 1. The van der Waals surface area contributed by atoms with Crippen LogP contribution in [-0.2, 0) is 14.4 Å². The molecule has 2 heterocycles. The van der Waals surface area contributed by atoms with Crippen molar-refractivity contribution in [2.45, 2.75) is 58.0 Å². The van der Waals surface area contributed by atoms with E-state index in [-0.39, 0.29) is 24.0 Å². The standard InChI is InChI=1S/C30H35ClN2O6/c1-3-38-26-15-25(20-10-8-11-23(31)27(20)32-26)39-19-13-21-22(14-19)28(35)33(2)12-7-5-4-6-9-18-16-30(18,29(36)37)17-24(21)34/h6,8-11,15,18-19,21-22H,3-5,7,12-14,16-17H2,1-2H3,(H,36,37)/b9-6-/t18-,19-,21-,22-,30-/m1/s1. The Morgan fingerprint density at radius 2 is 2.03 bits per heavy atom. The Balaban J connectivity index is 1.44. The van der Waals surface area contributed by atoms with Crippen molar-refractivity contribution in [2.24, 2.45) is 23.2 Å². The van der Waals surface area contributed by atoms with E-state index in [1.165, 1.54) is 0 Å². The topological polar surface area (TPSA) is 106 Å². The molecule has 2 aliphatic carbocycles. The molecule has 0 bridgehead atoms. The van der Waals surface area contributed by atoms with E-state index >= 15 is 0 Å². The van der Waals surface area contributed by atoms with Gasteiger partial charge in [-0.3, -0.25) is 14.4 Å². The number of ketones is 1. The van der Waals surface area contributed by atoms with Crippen molar-refractivity contribution < 1.29 is 29.0 Å². The van der Waals surface area contributed by atoms with Gasteiger partial charge in [-0.2, -0.15) is 0 Å². The zero-order valence-corrected chi connectivity index (χ0v) is 23.2. The first-order chi connectivity index (χ1) is 18.7. The van der Waals surface area contributed by atoms with Crippen LogP contribution in [0.15, 0.2) is 36.4 Å². The van der Waals surface area contributed by atoms with Crippen molar-refractivity contribution >= 4 is 40.2 Å². The summed E-state index contributed by atoms with van der Waals surface area (Å²) in [5.41, 5.74) is -0.513. The first-order valence-electron chi connectivity index (χ1n) is 13.8. The second kappa shape index (κ2) is 11.2. The number of aromatic nitrogens is 1. The lowest BCUT2D eigenvalue weighted by Gasteiger charge is -2.25. The monoisotopic (exact) mass is 554 g/mol. The van der Waals surface area contributed by atoms with E-state index < -0.39 is 29.3 Å². The highest BCUT2D eigenvalue weighted by Gasteiger charge is 2.61. The number of benzene rings is 1. The number of carbonyl (C=O) groups excluding carboxylic acids is 2. The van der Waals surface area contributed by atoms with Crippen molar-refractivity contribution in [2.75, 3.05) is 20.2 Å². The van der Waals surface area contributed by atoms with Gasteiger partial charge in [0, 0.05) is 37.4 Å². The van der Waals surface area contributed by atoms with Crippen molar-refractivity contribution in [3.8, 4) is 11.6 Å². The number of fused-ring (bicyclic) bond motifs is 3. The summed E-state index contributed by atoms with van der Waals surface area (Å²) < 4.78 is 12.1. The molecule has 1 N–H and O–H groups in total. The maximum Gasteiger partial charge on any atom is 0.310 e. The summed E-state index contributed by atoms with van der Waals surface area (Å²) in [6, 6.07) is 7.16. The minimum atomic E-state index is -1.07. The summed E-state index contributed by atoms with van der Waals surface area (Å²) in [5, 5.41) is 11.2. The molecule has 1 aromatic carbocycles. The fourth-order valence-electron chi connectivity index (χ4n) is 6.19. The number of carboxylic acid groups (broad SMARTS) is 1. The van der Waals surface area contributed by atoms with Gasteiger partial charge in [0.2, 0.25) is 11.8 Å². The number of aliphatic carboxylic acids is 1. The third-order valence-electron chi connectivity index (χ3n) is 8.47. The van der Waals surface area contributed by atoms with Crippen LogP contribution in [0.25, 0.3) is 10.9 Å². The lowest BCUT2D eigenvalue weighted by molar-refractivity contribution is -0.147. The van der Waals surface area contributed by atoms with Crippen LogP contribution in [0.5, 0.6) is 11.6 Å². The maximum atomic E-state index is 13.7. The van der Waals surface area contributed by atoms with E-state index in [0.29, 0.717) is 54.6 Å². The van der Waals surface area contributed by atoms with Crippen LogP contribution in [0.1, 0.15) is 51.9 Å². The van der Waals surface area contributed by atoms with Gasteiger partial charge in [-0.1, -0.05) is 29.8 Å². The third kappa shape index (κ3) is 5.49. The zero-order valence-electron chi connectivity index (χ0n) is 22.4. The molecule has 1 amide bonds. The molecule has 2 fully saturated rings. The minimum absolute atomic E-state index is 0.0650. The molecule has 0 radical (unpaired) electrons. The van der Waals surface area contributed by atoms with Gasteiger partial charge in [-0.25, -0.2) is 4.98 Å². The Labute approximate surface area is 233 Å². The largest absolute Gasteiger partial charge is 0.489 e. The molecule has 208 valence electrons. The highest BCUT2D eigenvalue weighted by Crippen LogP contribution is 2.57. The zero-order chi connectivity index (χ0) is 27.7. The molecule has 0 saturated heterocycles. The molecular formula is C30H35ClN2O6. The van der Waals surface area contributed by atoms with Crippen LogP contribution in [0, 0.1) is 23.2 Å². The fraction of sp³-hybridized carbons (Fsp3) is 0.533. The van der Waals surface area contributed by atoms with Crippen LogP contribution in [0.3, 0.4) is 0 Å². The van der Waals surface area contributed by atoms with E-state index in [4.69, 9.17) is 21.1 Å². The maximum absolute atomic E-state index is 13.7. The number of carboxylic acids is 1. The Kier molecular flexibility index (Phi) is 7.85. The van der Waals surface area contributed by atoms with Crippen molar-refractivity contribution in [1.82, 2.24) is 9.88 Å². The number of amides is 1. The van der Waals surface area contributed by atoms with Crippen LogP contribution in [0.2, 0.25) is 5.02 Å². The van der Waals surface area contributed by atoms with Crippen LogP contribution in [-0.4, -0.2) is 59.0 Å². The van der Waals surface area contributed by atoms with Gasteiger partial charge >= 0.3 is 5.97 Å². The normalized spacial score (nSPS) is 30.3. The summed E-state index contributed by atoms with van der Waals surface area (Å²) >= 11 is 6.42. The van der Waals surface area contributed by atoms with Crippen molar-refractivity contribution in [1.29, 1.82) is 0 Å². The molecule has 5 atom stereocenters. The number of carbonyl (C=O) groups is 3. The summed E-state index contributed by atoms with van der Waals surface area (Å²) in [4.78, 5) is 45.7. The lowest BCUT2D eigenvalue weighted by atomic mass is 9.84. The average molecular weight is 555 g/mol. The van der Waals surface area contributed by atoms with E-state index in [1.54, 1.807) is 24.1 Å². The molecule has 0 spiro atoms.